The number of rotatable bonds is 3. The largest absolute Gasteiger partial charge is 0.439 e. The van der Waals surface area contributed by atoms with E-state index in [2.05, 4.69) is 26.1 Å². The summed E-state index contributed by atoms with van der Waals surface area (Å²) in [7, 11) is 0. The van der Waals surface area contributed by atoms with Crippen LogP contribution in [0.2, 0.25) is 0 Å². The lowest BCUT2D eigenvalue weighted by molar-refractivity contribution is 0.318. The molecule has 0 amide bonds. The average Bonchev–Trinajstić information content (AvgIpc) is 2.41. The lowest BCUT2D eigenvalue weighted by Gasteiger charge is -2.05. The van der Waals surface area contributed by atoms with Gasteiger partial charge in [0, 0.05) is 22.3 Å². The summed E-state index contributed by atoms with van der Waals surface area (Å²) >= 11 is 3.34. The Morgan fingerprint density at radius 2 is 1.94 bits per heavy atom. The standard InChI is InChI=1S/C12H10BrN3O2/c13-9-2-4-10(5-3-9)18-11-6-1-8(7-15-11)12(14)16-17/h1-7,17H,(H2,14,16). The molecule has 6 heteroatoms. The maximum absolute atomic E-state index is 8.52. The van der Waals surface area contributed by atoms with Gasteiger partial charge >= 0.3 is 0 Å². The van der Waals surface area contributed by atoms with Crippen molar-refractivity contribution in [1.82, 2.24) is 4.98 Å². The molecule has 2 aromatic rings. The van der Waals surface area contributed by atoms with Crippen LogP contribution < -0.4 is 10.5 Å². The Hall–Kier alpha value is -2.08. The van der Waals surface area contributed by atoms with Gasteiger partial charge < -0.3 is 15.7 Å². The first kappa shape index (κ1) is 12.4. The Morgan fingerprint density at radius 1 is 1.22 bits per heavy atom. The molecule has 0 bridgehead atoms. The van der Waals surface area contributed by atoms with Crippen LogP contribution in [0.5, 0.6) is 11.6 Å². The third kappa shape index (κ3) is 2.98. The Balaban J connectivity index is 2.13. The van der Waals surface area contributed by atoms with Crippen LogP contribution in [0.15, 0.2) is 52.2 Å². The van der Waals surface area contributed by atoms with E-state index in [1.54, 1.807) is 12.1 Å². The second-order valence-electron chi connectivity index (χ2n) is 3.43. The number of benzene rings is 1. The minimum Gasteiger partial charge on any atom is -0.439 e. The Labute approximate surface area is 112 Å². The van der Waals surface area contributed by atoms with Crippen molar-refractivity contribution >= 4 is 21.8 Å². The molecule has 1 aromatic heterocycles. The number of halogens is 1. The van der Waals surface area contributed by atoms with Crippen LogP contribution in [0, 0.1) is 0 Å². The van der Waals surface area contributed by atoms with E-state index < -0.39 is 0 Å². The molecule has 5 nitrogen and oxygen atoms in total. The van der Waals surface area contributed by atoms with Crippen molar-refractivity contribution < 1.29 is 9.94 Å². The summed E-state index contributed by atoms with van der Waals surface area (Å²) in [5, 5.41) is 11.4. The maximum atomic E-state index is 8.52. The third-order valence-corrected chi connectivity index (χ3v) is 2.70. The molecule has 0 saturated heterocycles. The SMILES string of the molecule is N/C(=N\O)c1ccc(Oc2ccc(Br)cc2)nc1. The molecule has 1 heterocycles. The van der Waals surface area contributed by atoms with Gasteiger partial charge in [0.1, 0.15) is 5.75 Å². The summed E-state index contributed by atoms with van der Waals surface area (Å²) in [6.45, 7) is 0. The second kappa shape index (κ2) is 5.50. The summed E-state index contributed by atoms with van der Waals surface area (Å²) in [5.74, 6) is 1.13. The predicted octanol–water partition coefficient (Wildman–Crippen LogP) is 2.73. The number of hydrogen-bond acceptors (Lipinski definition) is 4. The van der Waals surface area contributed by atoms with Gasteiger partial charge in [0.05, 0.1) is 0 Å². The van der Waals surface area contributed by atoms with Crippen LogP contribution in [0.4, 0.5) is 0 Å². The summed E-state index contributed by atoms with van der Waals surface area (Å²) in [6.07, 6.45) is 1.48. The van der Waals surface area contributed by atoms with Crippen LogP contribution in [0.3, 0.4) is 0 Å². The van der Waals surface area contributed by atoms with E-state index in [1.165, 1.54) is 6.20 Å². The second-order valence-corrected chi connectivity index (χ2v) is 4.34. The molecule has 0 aliphatic carbocycles. The molecular formula is C12H10BrN3O2. The average molecular weight is 308 g/mol. The molecule has 2 rings (SSSR count). The van der Waals surface area contributed by atoms with Crippen molar-refractivity contribution in [2.24, 2.45) is 10.9 Å². The van der Waals surface area contributed by atoms with Gasteiger partial charge in [-0.2, -0.15) is 0 Å². The third-order valence-electron chi connectivity index (χ3n) is 2.18. The van der Waals surface area contributed by atoms with E-state index in [4.69, 9.17) is 15.7 Å². The van der Waals surface area contributed by atoms with E-state index in [1.807, 2.05) is 24.3 Å². The van der Waals surface area contributed by atoms with E-state index in [9.17, 15) is 0 Å². The number of nitrogens with zero attached hydrogens (tertiary/aromatic N) is 2. The fourth-order valence-corrected chi connectivity index (χ4v) is 1.54. The quantitative estimate of drug-likeness (QED) is 0.395. The first-order valence-electron chi connectivity index (χ1n) is 5.06. The van der Waals surface area contributed by atoms with Crippen molar-refractivity contribution in [1.29, 1.82) is 0 Å². The van der Waals surface area contributed by atoms with Crippen LogP contribution in [0.1, 0.15) is 5.56 Å². The van der Waals surface area contributed by atoms with Crippen molar-refractivity contribution in [2.45, 2.75) is 0 Å². The predicted molar refractivity (Wildman–Crippen MR) is 71.0 cm³/mol. The zero-order valence-corrected chi connectivity index (χ0v) is 10.8. The number of hydrogen-bond donors (Lipinski definition) is 2. The summed E-state index contributed by atoms with van der Waals surface area (Å²) < 4.78 is 6.50. The monoisotopic (exact) mass is 307 g/mol. The lowest BCUT2D eigenvalue weighted by Crippen LogP contribution is -2.13. The molecule has 92 valence electrons. The summed E-state index contributed by atoms with van der Waals surface area (Å²) in [5.41, 5.74) is 5.96. The van der Waals surface area contributed by atoms with E-state index in [-0.39, 0.29) is 5.84 Å². The van der Waals surface area contributed by atoms with Crippen LogP contribution in [-0.4, -0.2) is 16.0 Å². The van der Waals surface area contributed by atoms with Crippen LogP contribution in [-0.2, 0) is 0 Å². The van der Waals surface area contributed by atoms with E-state index in [0.29, 0.717) is 17.2 Å². The molecule has 1 aromatic carbocycles. The van der Waals surface area contributed by atoms with Crippen LogP contribution in [0.25, 0.3) is 0 Å². The lowest BCUT2D eigenvalue weighted by atomic mass is 10.3. The molecule has 0 radical (unpaired) electrons. The van der Waals surface area contributed by atoms with Crippen LogP contribution >= 0.6 is 15.9 Å². The van der Waals surface area contributed by atoms with Gasteiger partial charge in [-0.3, -0.25) is 0 Å². The smallest absolute Gasteiger partial charge is 0.219 e. The van der Waals surface area contributed by atoms with Crippen molar-refractivity contribution in [2.75, 3.05) is 0 Å². The molecular weight excluding hydrogens is 298 g/mol. The highest BCUT2D eigenvalue weighted by atomic mass is 79.9. The van der Waals surface area contributed by atoms with E-state index >= 15 is 0 Å². The number of amidine groups is 1. The highest BCUT2D eigenvalue weighted by Crippen LogP contribution is 2.21. The molecule has 0 aliphatic heterocycles. The highest BCUT2D eigenvalue weighted by Gasteiger charge is 2.02. The minimum atomic E-state index is 0.0118. The highest BCUT2D eigenvalue weighted by molar-refractivity contribution is 9.10. The Bertz CT molecular complexity index is 553. The van der Waals surface area contributed by atoms with Gasteiger partial charge in [0.15, 0.2) is 5.84 Å². The summed E-state index contributed by atoms with van der Waals surface area (Å²) in [4.78, 5) is 4.06. The van der Waals surface area contributed by atoms with E-state index in [0.717, 1.165) is 4.47 Å². The minimum absolute atomic E-state index is 0.0118. The van der Waals surface area contributed by atoms with Gasteiger partial charge in [0.2, 0.25) is 5.88 Å². The van der Waals surface area contributed by atoms with Gasteiger partial charge in [-0.15, -0.1) is 0 Å². The first-order valence-corrected chi connectivity index (χ1v) is 5.86. The van der Waals surface area contributed by atoms with Gasteiger partial charge in [-0.05, 0) is 30.3 Å². The number of ether oxygens (including phenoxy) is 1. The Morgan fingerprint density at radius 3 is 2.50 bits per heavy atom. The van der Waals surface area contributed by atoms with Crippen molar-refractivity contribution in [3.05, 3.63) is 52.6 Å². The number of pyridine rings is 1. The van der Waals surface area contributed by atoms with Crippen molar-refractivity contribution in [3.8, 4) is 11.6 Å². The molecule has 0 fully saturated rings. The molecule has 18 heavy (non-hydrogen) atoms. The molecule has 0 spiro atoms. The van der Waals surface area contributed by atoms with Crippen molar-refractivity contribution in [3.63, 3.8) is 0 Å². The van der Waals surface area contributed by atoms with Gasteiger partial charge in [-0.25, -0.2) is 4.98 Å². The number of aromatic nitrogens is 1. The fourth-order valence-electron chi connectivity index (χ4n) is 1.27. The molecule has 0 atom stereocenters. The van der Waals surface area contributed by atoms with Gasteiger partial charge in [0.25, 0.3) is 0 Å². The maximum Gasteiger partial charge on any atom is 0.219 e. The molecule has 3 N–H and O–H groups in total. The Kier molecular flexibility index (Phi) is 3.78. The summed E-state index contributed by atoms with van der Waals surface area (Å²) in [6, 6.07) is 10.7. The topological polar surface area (TPSA) is 80.7 Å². The number of oxime groups is 1. The zero-order valence-electron chi connectivity index (χ0n) is 9.25. The fraction of sp³-hybridized carbons (Fsp3) is 0. The first-order chi connectivity index (χ1) is 8.69. The number of nitrogens with two attached hydrogens (primary N) is 1. The molecule has 0 aliphatic rings. The van der Waals surface area contributed by atoms with Gasteiger partial charge in [-0.1, -0.05) is 21.1 Å². The normalized spacial score (nSPS) is 11.3. The zero-order chi connectivity index (χ0) is 13.0. The molecule has 0 unspecified atom stereocenters. The molecule has 0 saturated carbocycles.